The number of amides is 2. The van der Waals surface area contributed by atoms with E-state index in [1.54, 1.807) is 0 Å². The number of carbonyl (C=O) groups is 1. The van der Waals surface area contributed by atoms with Gasteiger partial charge in [-0.25, -0.2) is 13.2 Å². The minimum Gasteiger partial charge on any atom is -0.351 e. The first-order chi connectivity index (χ1) is 9.61. The summed E-state index contributed by atoms with van der Waals surface area (Å²) in [7, 11) is -3.52. The Kier molecular flexibility index (Phi) is 3.87. The Hall–Kier alpha value is -1.77. The maximum absolute atomic E-state index is 12.5. The van der Waals surface area contributed by atoms with E-state index in [4.69, 9.17) is 5.73 Å². The van der Waals surface area contributed by atoms with E-state index in [-0.39, 0.29) is 24.4 Å². The number of alkyl halides is 3. The van der Waals surface area contributed by atoms with Crippen LogP contribution in [0, 0.1) is 0 Å². The summed E-state index contributed by atoms with van der Waals surface area (Å²) in [5.74, 6) is -0.262. The Morgan fingerprint density at radius 3 is 2.29 bits per heavy atom. The van der Waals surface area contributed by atoms with Crippen molar-refractivity contribution in [2.75, 3.05) is 18.8 Å². The van der Waals surface area contributed by atoms with Crippen LogP contribution in [0.4, 0.5) is 18.0 Å². The summed E-state index contributed by atoms with van der Waals surface area (Å²) in [6, 6.07) is 3.15. The van der Waals surface area contributed by atoms with E-state index in [2.05, 4.69) is 0 Å². The number of nitrogens with two attached hydrogens (primary N) is 1. The van der Waals surface area contributed by atoms with Crippen molar-refractivity contribution in [1.82, 2.24) is 4.90 Å². The van der Waals surface area contributed by atoms with Gasteiger partial charge in [0.05, 0.1) is 11.3 Å². The van der Waals surface area contributed by atoms with E-state index in [1.807, 2.05) is 0 Å². The summed E-state index contributed by atoms with van der Waals surface area (Å²) in [6.45, 7) is -0.155. The number of hydrogen-bond donors (Lipinski definition) is 1. The quantitative estimate of drug-likeness (QED) is 0.852. The van der Waals surface area contributed by atoms with Crippen molar-refractivity contribution >= 4 is 15.9 Å². The third-order valence-corrected chi connectivity index (χ3v) is 5.43. The van der Waals surface area contributed by atoms with Gasteiger partial charge in [0.25, 0.3) is 0 Å². The molecule has 1 fully saturated rings. The molecule has 1 saturated heterocycles. The van der Waals surface area contributed by atoms with Gasteiger partial charge in [-0.2, -0.15) is 13.2 Å². The van der Waals surface area contributed by atoms with Crippen LogP contribution < -0.4 is 5.73 Å². The molecule has 2 rings (SSSR count). The number of sulfone groups is 1. The molecule has 0 aromatic heterocycles. The van der Waals surface area contributed by atoms with E-state index in [1.165, 1.54) is 4.90 Å². The number of rotatable bonds is 1. The molecule has 116 valence electrons. The zero-order valence-corrected chi connectivity index (χ0v) is 11.6. The molecule has 1 aromatic carbocycles. The highest BCUT2D eigenvalue weighted by Gasteiger charge is 2.36. The molecule has 1 aliphatic rings. The first-order valence-electron chi connectivity index (χ1n) is 6.04. The second-order valence-electron chi connectivity index (χ2n) is 4.76. The van der Waals surface area contributed by atoms with Gasteiger partial charge < -0.3 is 10.6 Å². The van der Waals surface area contributed by atoms with Crippen LogP contribution in [0.15, 0.2) is 24.3 Å². The highest BCUT2D eigenvalue weighted by Crippen LogP contribution is 2.32. The van der Waals surface area contributed by atoms with Crippen molar-refractivity contribution in [1.29, 1.82) is 0 Å². The van der Waals surface area contributed by atoms with Crippen molar-refractivity contribution in [3.8, 4) is 0 Å². The number of nitrogens with zero attached hydrogens (tertiary/aromatic N) is 1. The lowest BCUT2D eigenvalue weighted by Crippen LogP contribution is -2.47. The number of hydrogen-bond acceptors (Lipinski definition) is 3. The molecule has 21 heavy (non-hydrogen) atoms. The van der Waals surface area contributed by atoms with E-state index >= 15 is 0 Å². The molecular weight excluding hydrogens is 309 g/mol. The molecule has 2 amide bonds. The predicted molar refractivity (Wildman–Crippen MR) is 69.1 cm³/mol. The van der Waals surface area contributed by atoms with E-state index in [0.29, 0.717) is 0 Å². The molecule has 2 N–H and O–H groups in total. The monoisotopic (exact) mass is 322 g/mol. The first kappa shape index (κ1) is 15.6. The molecular formula is C12H13F3N2O3S. The number of urea groups is 1. The fourth-order valence-corrected chi connectivity index (χ4v) is 3.92. The molecule has 0 saturated carbocycles. The molecule has 1 unspecified atom stereocenters. The van der Waals surface area contributed by atoms with Gasteiger partial charge in [-0.05, 0) is 17.7 Å². The molecule has 0 aliphatic carbocycles. The number of halogens is 3. The zero-order valence-electron chi connectivity index (χ0n) is 10.8. The van der Waals surface area contributed by atoms with Gasteiger partial charge in [-0.1, -0.05) is 12.1 Å². The third-order valence-electron chi connectivity index (χ3n) is 3.39. The van der Waals surface area contributed by atoms with Gasteiger partial charge in [-0.3, -0.25) is 0 Å². The standard InChI is InChI=1S/C12H13F3N2O3S/c13-12(14,15)9-3-1-8(2-4-9)10-7-17(11(16)18)5-6-21(10,19)20/h1-4,10H,5-7H2,(H2,16,18). The summed E-state index contributed by atoms with van der Waals surface area (Å²) >= 11 is 0. The van der Waals surface area contributed by atoms with Crippen LogP contribution in [0.5, 0.6) is 0 Å². The third kappa shape index (κ3) is 3.29. The van der Waals surface area contributed by atoms with E-state index in [9.17, 15) is 26.4 Å². The molecule has 0 spiro atoms. The van der Waals surface area contributed by atoms with Crippen LogP contribution in [0.1, 0.15) is 16.4 Å². The largest absolute Gasteiger partial charge is 0.416 e. The van der Waals surface area contributed by atoms with Gasteiger partial charge in [0.1, 0.15) is 5.25 Å². The fourth-order valence-electron chi connectivity index (χ4n) is 2.18. The highest BCUT2D eigenvalue weighted by molar-refractivity contribution is 7.91. The second-order valence-corrected chi connectivity index (χ2v) is 7.06. The van der Waals surface area contributed by atoms with Gasteiger partial charge in [0.15, 0.2) is 9.84 Å². The Bertz CT molecular complexity index is 641. The summed E-state index contributed by atoms with van der Waals surface area (Å²) < 4.78 is 61.5. The molecule has 1 aromatic rings. The first-order valence-corrected chi connectivity index (χ1v) is 7.76. The molecule has 9 heteroatoms. The lowest BCUT2D eigenvalue weighted by Gasteiger charge is -2.31. The van der Waals surface area contributed by atoms with Crippen LogP contribution in [0.2, 0.25) is 0 Å². The summed E-state index contributed by atoms with van der Waals surface area (Å²) in [5, 5.41) is -1.05. The molecule has 5 nitrogen and oxygen atoms in total. The van der Waals surface area contributed by atoms with Crippen molar-refractivity contribution in [2.45, 2.75) is 11.4 Å². The van der Waals surface area contributed by atoms with Crippen molar-refractivity contribution in [2.24, 2.45) is 5.73 Å². The molecule has 1 atom stereocenters. The Morgan fingerprint density at radius 1 is 1.24 bits per heavy atom. The average Bonchev–Trinajstić information content (AvgIpc) is 2.37. The summed E-state index contributed by atoms with van der Waals surface area (Å²) in [6.07, 6.45) is -4.48. The molecule has 1 heterocycles. The van der Waals surface area contributed by atoms with Gasteiger partial charge in [0.2, 0.25) is 0 Å². The van der Waals surface area contributed by atoms with Crippen molar-refractivity contribution < 1.29 is 26.4 Å². The SMILES string of the molecule is NC(=O)N1CCS(=O)(=O)C(c2ccc(C(F)(F)F)cc2)C1. The van der Waals surface area contributed by atoms with Crippen molar-refractivity contribution in [3.63, 3.8) is 0 Å². The molecule has 1 aliphatic heterocycles. The maximum atomic E-state index is 12.5. The molecule has 0 radical (unpaired) electrons. The Morgan fingerprint density at radius 2 is 1.81 bits per heavy atom. The average molecular weight is 322 g/mol. The van der Waals surface area contributed by atoms with E-state index < -0.39 is 32.9 Å². The summed E-state index contributed by atoms with van der Waals surface area (Å²) in [5.41, 5.74) is 4.48. The lowest BCUT2D eigenvalue weighted by atomic mass is 10.1. The highest BCUT2D eigenvalue weighted by atomic mass is 32.2. The predicted octanol–water partition coefficient (Wildman–Crippen LogP) is 1.56. The van der Waals surface area contributed by atoms with Crippen molar-refractivity contribution in [3.05, 3.63) is 35.4 Å². The minimum absolute atomic E-state index is 0.00516. The van der Waals surface area contributed by atoms with Crippen LogP contribution >= 0.6 is 0 Å². The smallest absolute Gasteiger partial charge is 0.351 e. The fraction of sp³-hybridized carbons (Fsp3) is 0.417. The summed E-state index contributed by atoms with van der Waals surface area (Å²) in [4.78, 5) is 12.3. The lowest BCUT2D eigenvalue weighted by molar-refractivity contribution is -0.137. The second kappa shape index (κ2) is 5.21. The van der Waals surface area contributed by atoms with Crippen LogP contribution in [-0.4, -0.2) is 38.2 Å². The van der Waals surface area contributed by atoms with Gasteiger partial charge in [0, 0.05) is 13.1 Å². The topological polar surface area (TPSA) is 80.5 Å². The van der Waals surface area contributed by atoms with Gasteiger partial charge >= 0.3 is 12.2 Å². The van der Waals surface area contributed by atoms with E-state index in [0.717, 1.165) is 24.3 Å². The normalized spacial score (nSPS) is 22.0. The molecule has 0 bridgehead atoms. The van der Waals surface area contributed by atoms with Gasteiger partial charge in [-0.15, -0.1) is 0 Å². The number of primary amides is 1. The van der Waals surface area contributed by atoms with Crippen LogP contribution in [-0.2, 0) is 16.0 Å². The van der Waals surface area contributed by atoms with Crippen LogP contribution in [0.3, 0.4) is 0 Å². The van der Waals surface area contributed by atoms with Crippen LogP contribution in [0.25, 0.3) is 0 Å². The maximum Gasteiger partial charge on any atom is 0.416 e. The number of benzene rings is 1. The zero-order chi connectivity index (χ0) is 15.8. The Labute approximate surface area is 119 Å². The minimum atomic E-state index is -4.48. The number of carbonyl (C=O) groups excluding carboxylic acids is 1. The Balaban J connectivity index is 2.32.